The molecule has 0 radical (unpaired) electrons. The van der Waals surface area contributed by atoms with Crippen LogP contribution in [0.3, 0.4) is 0 Å². The molecule has 0 rings (SSSR count). The Balaban J connectivity index is 4.68. The molecule has 0 aliphatic carbocycles. The Morgan fingerprint density at radius 1 is 0.905 bits per heavy atom. The van der Waals surface area contributed by atoms with E-state index >= 15 is 0 Å². The van der Waals surface area contributed by atoms with Crippen LogP contribution in [0.4, 0.5) is 0 Å². The van der Waals surface area contributed by atoms with E-state index in [-0.39, 0.29) is 26.3 Å². The Labute approximate surface area is 127 Å². The average molecular weight is 308 g/mol. The number of rotatable bonds is 15. The summed E-state index contributed by atoms with van der Waals surface area (Å²) in [5, 5.41) is 34.4. The van der Waals surface area contributed by atoms with E-state index in [1.54, 1.807) is 0 Å². The lowest BCUT2D eigenvalue weighted by atomic mass is 10.3. The lowest BCUT2D eigenvalue weighted by Gasteiger charge is -2.36. The highest BCUT2D eigenvalue weighted by Gasteiger charge is 2.39. The highest BCUT2D eigenvalue weighted by molar-refractivity contribution is 4.75. The molecule has 7 nitrogen and oxygen atoms in total. The van der Waals surface area contributed by atoms with Gasteiger partial charge < -0.3 is 24.8 Å². The van der Waals surface area contributed by atoms with Gasteiger partial charge in [0.2, 0.25) is 0 Å². The number of hydrogen-bond donors (Lipinski definition) is 5. The molecule has 5 N–H and O–H groups in total. The second-order valence-electron chi connectivity index (χ2n) is 4.82. The van der Waals surface area contributed by atoms with Crippen molar-refractivity contribution in [2.24, 2.45) is 0 Å². The maximum Gasteiger partial charge on any atom is 0.310 e. The molecule has 0 aromatic heterocycles. The third kappa shape index (κ3) is 9.36. The number of ether oxygens (including phenoxy) is 2. The Morgan fingerprint density at radius 3 is 1.67 bits per heavy atom. The Morgan fingerprint density at radius 2 is 1.33 bits per heavy atom. The van der Waals surface area contributed by atoms with Crippen molar-refractivity contribution in [2.75, 3.05) is 39.5 Å². The first kappa shape index (κ1) is 20.7. The van der Waals surface area contributed by atoms with Crippen LogP contribution in [-0.4, -0.2) is 67.0 Å². The van der Waals surface area contributed by atoms with Crippen molar-refractivity contribution >= 4 is 0 Å². The SMILES string of the molecule is CCCCOC(O)(OCCCC)C(NCCO)NCCO. The van der Waals surface area contributed by atoms with Gasteiger partial charge in [-0.3, -0.25) is 10.6 Å². The van der Waals surface area contributed by atoms with Crippen molar-refractivity contribution in [2.45, 2.75) is 51.7 Å². The largest absolute Gasteiger partial charge is 0.395 e. The second-order valence-corrected chi connectivity index (χ2v) is 4.82. The first-order chi connectivity index (χ1) is 10.1. The van der Waals surface area contributed by atoms with E-state index in [0.717, 1.165) is 25.7 Å². The first-order valence-corrected chi connectivity index (χ1v) is 7.83. The lowest BCUT2D eigenvalue weighted by molar-refractivity contribution is -0.377. The van der Waals surface area contributed by atoms with Gasteiger partial charge in [-0.05, 0) is 12.8 Å². The van der Waals surface area contributed by atoms with Crippen molar-refractivity contribution in [1.82, 2.24) is 10.6 Å². The molecular formula is C14H32N2O5. The van der Waals surface area contributed by atoms with Crippen LogP contribution in [-0.2, 0) is 9.47 Å². The fraction of sp³-hybridized carbons (Fsp3) is 1.00. The summed E-state index contributed by atoms with van der Waals surface area (Å²) in [5.41, 5.74) is 0. The summed E-state index contributed by atoms with van der Waals surface area (Å²) in [5.74, 6) is -1.82. The predicted octanol–water partition coefficient (Wildman–Crippen LogP) is -0.244. The van der Waals surface area contributed by atoms with Gasteiger partial charge >= 0.3 is 5.97 Å². The second kappa shape index (κ2) is 13.4. The molecule has 0 aromatic carbocycles. The molecule has 7 heteroatoms. The summed E-state index contributed by atoms with van der Waals surface area (Å²) < 4.78 is 11.0. The zero-order chi connectivity index (χ0) is 16.0. The van der Waals surface area contributed by atoms with Crippen LogP contribution >= 0.6 is 0 Å². The molecule has 0 saturated carbocycles. The quantitative estimate of drug-likeness (QED) is 0.210. The number of nitrogens with one attached hydrogen (secondary N) is 2. The Bertz CT molecular complexity index is 213. The monoisotopic (exact) mass is 308 g/mol. The van der Waals surface area contributed by atoms with Gasteiger partial charge in [-0.15, -0.1) is 0 Å². The summed E-state index contributed by atoms with van der Waals surface area (Å²) in [6, 6.07) is 0. The molecule has 0 amide bonds. The van der Waals surface area contributed by atoms with Crippen LogP contribution in [0.2, 0.25) is 0 Å². The lowest BCUT2D eigenvalue weighted by Crippen LogP contribution is -2.62. The molecule has 0 heterocycles. The minimum atomic E-state index is -1.82. The molecule has 0 bridgehead atoms. The molecule has 0 spiro atoms. The van der Waals surface area contributed by atoms with Crippen LogP contribution in [0.5, 0.6) is 0 Å². The topological polar surface area (TPSA) is 103 Å². The number of hydrogen-bond acceptors (Lipinski definition) is 7. The molecule has 128 valence electrons. The Kier molecular flexibility index (Phi) is 13.2. The average Bonchev–Trinajstić information content (AvgIpc) is 2.48. The van der Waals surface area contributed by atoms with Gasteiger partial charge in [0.25, 0.3) is 0 Å². The van der Waals surface area contributed by atoms with Gasteiger partial charge in [0.05, 0.1) is 26.4 Å². The zero-order valence-electron chi connectivity index (χ0n) is 13.3. The van der Waals surface area contributed by atoms with Gasteiger partial charge in [0.1, 0.15) is 6.17 Å². The third-order valence-electron chi connectivity index (χ3n) is 2.90. The fourth-order valence-corrected chi connectivity index (χ4v) is 1.68. The van der Waals surface area contributed by atoms with E-state index in [9.17, 15) is 5.11 Å². The Hall–Kier alpha value is -0.280. The van der Waals surface area contributed by atoms with Crippen molar-refractivity contribution in [3.05, 3.63) is 0 Å². The fourth-order valence-electron chi connectivity index (χ4n) is 1.68. The molecule has 0 unspecified atom stereocenters. The van der Waals surface area contributed by atoms with E-state index in [2.05, 4.69) is 10.6 Å². The number of aliphatic hydroxyl groups excluding tert-OH is 2. The normalized spacial score (nSPS) is 12.3. The molecule has 0 aliphatic rings. The first-order valence-electron chi connectivity index (χ1n) is 7.83. The van der Waals surface area contributed by atoms with Crippen molar-refractivity contribution in [3.8, 4) is 0 Å². The summed E-state index contributed by atoms with van der Waals surface area (Å²) in [6.07, 6.45) is 2.79. The van der Waals surface area contributed by atoms with Crippen molar-refractivity contribution < 1.29 is 24.8 Å². The van der Waals surface area contributed by atoms with Gasteiger partial charge in [-0.2, -0.15) is 0 Å². The molecule has 21 heavy (non-hydrogen) atoms. The smallest absolute Gasteiger partial charge is 0.310 e. The predicted molar refractivity (Wildman–Crippen MR) is 80.6 cm³/mol. The standard InChI is InChI=1S/C14H32N2O5/c1-3-5-11-20-14(19,21-12-6-4-2)13(15-7-9-17)16-8-10-18/h13,15-19H,3-12H2,1-2H3. The summed E-state index contributed by atoms with van der Waals surface area (Å²) >= 11 is 0. The molecule has 0 fully saturated rings. The molecule has 0 aliphatic heterocycles. The van der Waals surface area contributed by atoms with Gasteiger partial charge in [-0.25, -0.2) is 0 Å². The van der Waals surface area contributed by atoms with E-state index in [1.165, 1.54) is 0 Å². The summed E-state index contributed by atoms with van der Waals surface area (Å²) in [7, 11) is 0. The van der Waals surface area contributed by atoms with E-state index in [4.69, 9.17) is 19.7 Å². The van der Waals surface area contributed by atoms with E-state index in [0.29, 0.717) is 13.2 Å². The molecule has 0 saturated heterocycles. The van der Waals surface area contributed by atoms with Crippen LogP contribution in [0, 0.1) is 0 Å². The molecular weight excluding hydrogens is 276 g/mol. The van der Waals surface area contributed by atoms with Crippen LogP contribution in [0.25, 0.3) is 0 Å². The van der Waals surface area contributed by atoms with Gasteiger partial charge in [-0.1, -0.05) is 26.7 Å². The van der Waals surface area contributed by atoms with Crippen molar-refractivity contribution in [1.29, 1.82) is 0 Å². The highest BCUT2D eigenvalue weighted by atomic mass is 16.8. The summed E-state index contributed by atoms with van der Waals surface area (Å²) in [4.78, 5) is 0. The zero-order valence-corrected chi connectivity index (χ0v) is 13.3. The highest BCUT2D eigenvalue weighted by Crippen LogP contribution is 2.15. The maximum absolute atomic E-state index is 10.6. The third-order valence-corrected chi connectivity index (χ3v) is 2.90. The molecule has 0 atom stereocenters. The van der Waals surface area contributed by atoms with Crippen LogP contribution in [0.15, 0.2) is 0 Å². The van der Waals surface area contributed by atoms with Gasteiger partial charge in [0.15, 0.2) is 0 Å². The minimum Gasteiger partial charge on any atom is -0.395 e. The van der Waals surface area contributed by atoms with Gasteiger partial charge in [0, 0.05) is 13.1 Å². The number of aliphatic hydroxyl groups is 3. The molecule has 0 aromatic rings. The van der Waals surface area contributed by atoms with Crippen LogP contribution < -0.4 is 10.6 Å². The maximum atomic E-state index is 10.6. The van der Waals surface area contributed by atoms with Crippen molar-refractivity contribution in [3.63, 3.8) is 0 Å². The minimum absolute atomic E-state index is 0.0721. The summed E-state index contributed by atoms with van der Waals surface area (Å²) in [6.45, 7) is 5.22. The van der Waals surface area contributed by atoms with Crippen LogP contribution in [0.1, 0.15) is 39.5 Å². The van der Waals surface area contributed by atoms with E-state index in [1.807, 2.05) is 13.8 Å². The van der Waals surface area contributed by atoms with E-state index < -0.39 is 12.1 Å². The number of unbranched alkanes of at least 4 members (excludes halogenated alkanes) is 2.